The lowest BCUT2D eigenvalue weighted by atomic mass is 10.1. The number of fused-ring (bicyclic) bond motifs is 1. The third kappa shape index (κ3) is 3.87. The molecule has 31 heavy (non-hydrogen) atoms. The van der Waals surface area contributed by atoms with E-state index >= 15 is 0 Å². The molecule has 0 radical (unpaired) electrons. The van der Waals surface area contributed by atoms with E-state index in [0.29, 0.717) is 16.0 Å². The van der Waals surface area contributed by atoms with Gasteiger partial charge in [0, 0.05) is 23.5 Å². The minimum Gasteiger partial charge on any atom is -0.454 e. The average Bonchev–Trinajstić information content (AvgIpc) is 3.27. The van der Waals surface area contributed by atoms with Crippen LogP contribution in [0.3, 0.4) is 0 Å². The van der Waals surface area contributed by atoms with Gasteiger partial charge in [0.1, 0.15) is 4.83 Å². The lowest BCUT2D eigenvalue weighted by molar-refractivity contribution is -0.153. The van der Waals surface area contributed by atoms with Crippen molar-refractivity contribution in [2.24, 2.45) is 5.92 Å². The van der Waals surface area contributed by atoms with Crippen LogP contribution in [0.1, 0.15) is 48.2 Å². The van der Waals surface area contributed by atoms with Crippen LogP contribution >= 0.6 is 11.3 Å². The zero-order valence-electron chi connectivity index (χ0n) is 18.0. The number of rotatable bonds is 5. The number of hydrogen-bond acceptors (Lipinski definition) is 6. The largest absolute Gasteiger partial charge is 0.454 e. The van der Waals surface area contributed by atoms with Gasteiger partial charge in [-0.15, -0.1) is 11.3 Å². The Labute approximate surface area is 184 Å². The standard InChI is InChI=1S/C23H25N3O4S/c1-5-15-8-6-7-9-17(15)26-11-16(10-18(26)27)23(29)30-13(3)20-24-21(28)19-12(2)14(4)31-22(19)25-20/h6-9,13,16H,5,10-11H2,1-4H3,(H,24,25,28). The topological polar surface area (TPSA) is 92.4 Å². The van der Waals surface area contributed by atoms with Crippen LogP contribution in [-0.4, -0.2) is 28.4 Å². The Hall–Kier alpha value is -3.00. The molecule has 3 aromatic rings. The number of esters is 1. The number of carbonyl (C=O) groups excluding carboxylic acids is 2. The number of para-hydroxylation sites is 1. The summed E-state index contributed by atoms with van der Waals surface area (Å²) in [5.41, 5.74) is 2.60. The number of nitrogens with one attached hydrogen (secondary N) is 1. The molecule has 1 amide bonds. The van der Waals surface area contributed by atoms with Crippen LogP contribution in [-0.2, 0) is 20.7 Å². The summed E-state index contributed by atoms with van der Waals surface area (Å²) in [6.45, 7) is 7.84. The second-order valence-electron chi connectivity index (χ2n) is 7.88. The number of thiophene rings is 1. The van der Waals surface area contributed by atoms with Crippen LogP contribution in [0.4, 0.5) is 5.69 Å². The maximum absolute atomic E-state index is 12.8. The van der Waals surface area contributed by atoms with Crippen molar-refractivity contribution in [2.75, 3.05) is 11.4 Å². The number of H-pyrrole nitrogens is 1. The number of amides is 1. The molecule has 0 aliphatic carbocycles. The molecule has 0 saturated carbocycles. The number of ether oxygens (including phenoxy) is 1. The van der Waals surface area contributed by atoms with Crippen molar-refractivity contribution >= 4 is 39.1 Å². The summed E-state index contributed by atoms with van der Waals surface area (Å²) in [5.74, 6) is -0.794. The van der Waals surface area contributed by atoms with E-state index in [1.807, 2.05) is 45.0 Å². The van der Waals surface area contributed by atoms with Gasteiger partial charge in [0.05, 0.1) is 11.3 Å². The van der Waals surface area contributed by atoms with Crippen molar-refractivity contribution in [2.45, 2.75) is 46.6 Å². The average molecular weight is 440 g/mol. The maximum atomic E-state index is 12.8. The fourth-order valence-corrected chi connectivity index (χ4v) is 5.00. The minimum absolute atomic E-state index is 0.0898. The van der Waals surface area contributed by atoms with E-state index in [2.05, 4.69) is 9.97 Å². The maximum Gasteiger partial charge on any atom is 0.311 e. The smallest absolute Gasteiger partial charge is 0.311 e. The van der Waals surface area contributed by atoms with Crippen molar-refractivity contribution in [3.8, 4) is 0 Å². The molecule has 0 spiro atoms. The van der Waals surface area contributed by atoms with Gasteiger partial charge in [-0.2, -0.15) is 0 Å². The van der Waals surface area contributed by atoms with Crippen molar-refractivity contribution in [3.05, 3.63) is 56.4 Å². The van der Waals surface area contributed by atoms with Gasteiger partial charge in [-0.25, -0.2) is 4.98 Å². The molecule has 7 nitrogen and oxygen atoms in total. The van der Waals surface area contributed by atoms with E-state index in [1.54, 1.807) is 11.8 Å². The van der Waals surface area contributed by atoms with E-state index in [9.17, 15) is 14.4 Å². The van der Waals surface area contributed by atoms with E-state index in [4.69, 9.17) is 4.74 Å². The zero-order valence-corrected chi connectivity index (χ0v) is 18.8. The van der Waals surface area contributed by atoms with Gasteiger partial charge in [0.2, 0.25) is 5.91 Å². The van der Waals surface area contributed by atoms with Crippen LogP contribution in [0.2, 0.25) is 0 Å². The Balaban J connectivity index is 1.50. The highest BCUT2D eigenvalue weighted by Gasteiger charge is 2.37. The number of nitrogens with zero attached hydrogens (tertiary/aromatic N) is 2. The van der Waals surface area contributed by atoms with E-state index in [1.165, 1.54) is 11.3 Å². The molecule has 0 bridgehead atoms. The molecule has 3 heterocycles. The van der Waals surface area contributed by atoms with Crippen molar-refractivity contribution in [1.29, 1.82) is 0 Å². The first-order valence-corrected chi connectivity index (χ1v) is 11.2. The molecule has 162 valence electrons. The number of carbonyl (C=O) groups is 2. The lowest BCUT2D eigenvalue weighted by Gasteiger charge is -2.20. The monoisotopic (exact) mass is 439 g/mol. The summed E-state index contributed by atoms with van der Waals surface area (Å²) in [5, 5.41) is 0.580. The first kappa shape index (κ1) is 21.2. The molecule has 2 atom stereocenters. The highest BCUT2D eigenvalue weighted by molar-refractivity contribution is 7.18. The summed E-state index contributed by atoms with van der Waals surface area (Å²) in [7, 11) is 0. The molecule has 1 N–H and O–H groups in total. The van der Waals surface area contributed by atoms with E-state index < -0.39 is 18.0 Å². The number of aromatic nitrogens is 2. The highest BCUT2D eigenvalue weighted by atomic mass is 32.1. The molecular weight excluding hydrogens is 414 g/mol. The molecule has 1 aromatic carbocycles. The summed E-state index contributed by atoms with van der Waals surface area (Å²) in [4.78, 5) is 48.5. The predicted octanol–water partition coefficient (Wildman–Crippen LogP) is 3.82. The van der Waals surface area contributed by atoms with Gasteiger partial charge in [0.15, 0.2) is 11.9 Å². The predicted molar refractivity (Wildman–Crippen MR) is 121 cm³/mol. The third-order valence-electron chi connectivity index (χ3n) is 5.86. The normalized spacial score (nSPS) is 17.4. The first-order chi connectivity index (χ1) is 14.8. The van der Waals surface area contributed by atoms with Crippen LogP contribution in [0, 0.1) is 19.8 Å². The van der Waals surface area contributed by atoms with Crippen LogP contribution < -0.4 is 10.5 Å². The van der Waals surface area contributed by atoms with Crippen LogP contribution in [0.5, 0.6) is 0 Å². The summed E-state index contributed by atoms with van der Waals surface area (Å²) in [6.07, 6.45) is 0.185. The molecule has 2 unspecified atom stereocenters. The molecule has 1 saturated heterocycles. The quantitative estimate of drug-likeness (QED) is 0.610. The molecule has 1 aliphatic rings. The second-order valence-corrected chi connectivity index (χ2v) is 9.08. The highest BCUT2D eigenvalue weighted by Crippen LogP contribution is 2.31. The number of hydrogen-bond donors (Lipinski definition) is 1. The molecule has 2 aromatic heterocycles. The molecule has 8 heteroatoms. The summed E-state index contributed by atoms with van der Waals surface area (Å²) >= 11 is 1.45. The first-order valence-electron chi connectivity index (χ1n) is 10.4. The third-order valence-corrected chi connectivity index (χ3v) is 6.96. The molecular formula is C23H25N3O4S. The van der Waals surface area contributed by atoms with Crippen molar-refractivity contribution < 1.29 is 14.3 Å². The Bertz CT molecular complexity index is 1230. The second kappa shape index (κ2) is 8.26. The van der Waals surface area contributed by atoms with Crippen LogP contribution in [0.25, 0.3) is 10.2 Å². The Morgan fingerprint density at radius 2 is 2.06 bits per heavy atom. The van der Waals surface area contributed by atoms with Crippen molar-refractivity contribution in [1.82, 2.24) is 9.97 Å². The fraction of sp³-hybridized carbons (Fsp3) is 0.391. The molecule has 1 aliphatic heterocycles. The van der Waals surface area contributed by atoms with Gasteiger partial charge >= 0.3 is 5.97 Å². The van der Waals surface area contributed by atoms with Crippen molar-refractivity contribution in [3.63, 3.8) is 0 Å². The van der Waals surface area contributed by atoms with Gasteiger partial charge in [-0.3, -0.25) is 14.4 Å². The fourth-order valence-electron chi connectivity index (χ4n) is 3.96. The molecule has 4 rings (SSSR count). The number of aryl methyl sites for hydroxylation is 3. The zero-order chi connectivity index (χ0) is 22.3. The summed E-state index contributed by atoms with van der Waals surface area (Å²) in [6, 6.07) is 7.73. The van der Waals surface area contributed by atoms with E-state index in [-0.39, 0.29) is 24.4 Å². The van der Waals surface area contributed by atoms with Gasteiger partial charge in [-0.1, -0.05) is 25.1 Å². The minimum atomic E-state index is -0.723. The Morgan fingerprint density at radius 1 is 1.32 bits per heavy atom. The van der Waals surface area contributed by atoms with Gasteiger partial charge in [0.25, 0.3) is 5.56 Å². The SMILES string of the molecule is CCc1ccccc1N1CC(C(=O)OC(C)c2nc3sc(C)c(C)c3c(=O)[nH]2)CC1=O. The Morgan fingerprint density at radius 3 is 2.81 bits per heavy atom. The number of anilines is 1. The Kier molecular flexibility index (Phi) is 5.66. The number of benzene rings is 1. The van der Waals surface area contributed by atoms with Crippen LogP contribution in [0.15, 0.2) is 29.1 Å². The van der Waals surface area contributed by atoms with E-state index in [0.717, 1.165) is 28.1 Å². The lowest BCUT2D eigenvalue weighted by Crippen LogP contribution is -2.28. The molecule has 1 fully saturated rings. The summed E-state index contributed by atoms with van der Waals surface area (Å²) < 4.78 is 5.60. The van der Waals surface area contributed by atoms with Gasteiger partial charge in [-0.05, 0) is 44.4 Å². The van der Waals surface area contributed by atoms with Gasteiger partial charge < -0.3 is 14.6 Å². The number of aromatic amines is 1.